The molecule has 118 valence electrons. The minimum atomic E-state index is 0. The van der Waals surface area contributed by atoms with Crippen LogP contribution in [0.2, 0.25) is 0 Å². The van der Waals surface area contributed by atoms with E-state index in [9.17, 15) is 0 Å². The van der Waals surface area contributed by atoms with Crippen LogP contribution in [0.15, 0.2) is 41.4 Å². The van der Waals surface area contributed by atoms with Gasteiger partial charge in [0.1, 0.15) is 0 Å². The topological polar surface area (TPSA) is 36.4 Å². The van der Waals surface area contributed by atoms with Crippen LogP contribution in [0.3, 0.4) is 0 Å². The van der Waals surface area contributed by atoms with Gasteiger partial charge >= 0.3 is 0 Å². The van der Waals surface area contributed by atoms with E-state index in [0.29, 0.717) is 0 Å². The predicted molar refractivity (Wildman–Crippen MR) is 104 cm³/mol. The van der Waals surface area contributed by atoms with E-state index in [0.717, 1.165) is 25.3 Å². The van der Waals surface area contributed by atoms with Crippen molar-refractivity contribution >= 4 is 29.9 Å². The van der Waals surface area contributed by atoms with E-state index < -0.39 is 0 Å². The average Bonchev–Trinajstić information content (AvgIpc) is 2.50. The number of aliphatic imine (C=N–C) groups is 1. The highest BCUT2D eigenvalue weighted by Gasteiger charge is 2.07. The van der Waals surface area contributed by atoms with E-state index in [1.807, 2.05) is 6.92 Å². The molecule has 4 heteroatoms. The summed E-state index contributed by atoms with van der Waals surface area (Å²) in [5, 5.41) is 6.73. The van der Waals surface area contributed by atoms with Crippen LogP contribution in [0.4, 0.5) is 0 Å². The number of hydrogen-bond donors (Lipinski definition) is 2. The zero-order chi connectivity index (χ0) is 14.8. The molecule has 0 bridgehead atoms. The number of guanidine groups is 1. The van der Waals surface area contributed by atoms with Gasteiger partial charge in [-0.3, -0.25) is 4.99 Å². The zero-order valence-electron chi connectivity index (χ0n) is 13.5. The maximum absolute atomic E-state index is 4.26. The fourth-order valence-corrected chi connectivity index (χ4v) is 1.97. The van der Waals surface area contributed by atoms with Crippen LogP contribution in [0.5, 0.6) is 0 Å². The molecule has 3 nitrogen and oxygen atoms in total. The molecule has 0 aromatic heterocycles. The lowest BCUT2D eigenvalue weighted by Gasteiger charge is -2.18. The van der Waals surface area contributed by atoms with Crippen LogP contribution in [0.25, 0.3) is 0 Å². The molecule has 1 aromatic rings. The van der Waals surface area contributed by atoms with Crippen LogP contribution in [-0.2, 0) is 6.42 Å². The Morgan fingerprint density at radius 3 is 2.48 bits per heavy atom. The molecule has 0 aliphatic heterocycles. The summed E-state index contributed by atoms with van der Waals surface area (Å²) < 4.78 is 0. The zero-order valence-corrected chi connectivity index (χ0v) is 15.8. The number of aryl methyl sites for hydroxylation is 1. The van der Waals surface area contributed by atoms with Crippen LogP contribution in [-0.4, -0.2) is 19.6 Å². The Bertz CT molecular complexity index is 438. The molecule has 1 atom stereocenters. The molecular formula is C17H28IN3. The summed E-state index contributed by atoms with van der Waals surface area (Å²) in [6, 6.07) is 8.99. The molecule has 21 heavy (non-hydrogen) atoms. The van der Waals surface area contributed by atoms with E-state index in [1.54, 1.807) is 7.05 Å². The normalized spacial score (nSPS) is 12.9. The Labute approximate surface area is 146 Å². The molecule has 0 radical (unpaired) electrons. The van der Waals surface area contributed by atoms with Crippen molar-refractivity contribution in [3.05, 3.63) is 47.5 Å². The molecule has 0 saturated carbocycles. The van der Waals surface area contributed by atoms with Gasteiger partial charge in [-0.1, -0.05) is 43.3 Å². The highest BCUT2D eigenvalue weighted by Crippen LogP contribution is 2.13. The van der Waals surface area contributed by atoms with Crippen LogP contribution in [0, 0.1) is 0 Å². The van der Waals surface area contributed by atoms with E-state index in [4.69, 9.17) is 0 Å². The standard InChI is InChI=1S/C17H27N3.HI/c1-5-7-8-13-19-17(18-4)20-14(3)16-11-9-15(6-2)10-12-16;/h5,7,9-12,14H,6,8,13H2,1-4H3,(H2,18,19,20);1H/b7-5+;. The smallest absolute Gasteiger partial charge is 0.191 e. The van der Waals surface area contributed by atoms with Gasteiger partial charge < -0.3 is 10.6 Å². The van der Waals surface area contributed by atoms with Crippen molar-refractivity contribution in [2.75, 3.05) is 13.6 Å². The first-order chi connectivity index (χ1) is 9.71. The second-order valence-electron chi connectivity index (χ2n) is 4.82. The Balaban J connectivity index is 0.00000400. The van der Waals surface area contributed by atoms with Crippen molar-refractivity contribution in [2.24, 2.45) is 4.99 Å². The third-order valence-corrected chi connectivity index (χ3v) is 3.30. The Hall–Kier alpha value is -1.04. The summed E-state index contributed by atoms with van der Waals surface area (Å²) in [4.78, 5) is 4.26. The number of rotatable bonds is 6. The molecule has 0 amide bonds. The molecule has 0 aliphatic carbocycles. The van der Waals surface area contributed by atoms with Gasteiger partial charge in [0, 0.05) is 13.6 Å². The fourth-order valence-electron chi connectivity index (χ4n) is 1.97. The molecule has 0 spiro atoms. The van der Waals surface area contributed by atoms with E-state index >= 15 is 0 Å². The third-order valence-electron chi connectivity index (χ3n) is 3.30. The molecule has 0 aliphatic rings. The maximum atomic E-state index is 4.26. The summed E-state index contributed by atoms with van der Waals surface area (Å²) in [6.45, 7) is 7.26. The molecule has 1 rings (SSSR count). The number of benzene rings is 1. The van der Waals surface area contributed by atoms with Crippen molar-refractivity contribution in [1.82, 2.24) is 10.6 Å². The monoisotopic (exact) mass is 401 g/mol. The largest absolute Gasteiger partial charge is 0.356 e. The van der Waals surface area contributed by atoms with Gasteiger partial charge in [0.25, 0.3) is 0 Å². The third kappa shape index (κ3) is 7.50. The van der Waals surface area contributed by atoms with E-state index in [-0.39, 0.29) is 30.0 Å². The minimum Gasteiger partial charge on any atom is -0.356 e. The number of halogens is 1. The highest BCUT2D eigenvalue weighted by molar-refractivity contribution is 14.0. The average molecular weight is 401 g/mol. The first-order valence-electron chi connectivity index (χ1n) is 7.38. The van der Waals surface area contributed by atoms with Crippen LogP contribution < -0.4 is 10.6 Å². The lowest BCUT2D eigenvalue weighted by Crippen LogP contribution is -2.39. The first kappa shape index (κ1) is 20.0. The quantitative estimate of drug-likeness (QED) is 0.248. The lowest BCUT2D eigenvalue weighted by molar-refractivity contribution is 0.685. The van der Waals surface area contributed by atoms with Crippen LogP contribution >= 0.6 is 24.0 Å². The predicted octanol–water partition coefficient (Wildman–Crippen LogP) is 4.06. The molecule has 0 heterocycles. The molecular weight excluding hydrogens is 373 g/mol. The molecule has 1 unspecified atom stereocenters. The van der Waals surface area contributed by atoms with Gasteiger partial charge in [-0.25, -0.2) is 0 Å². The second kappa shape index (κ2) is 11.6. The van der Waals surface area contributed by atoms with Crippen molar-refractivity contribution < 1.29 is 0 Å². The molecule has 1 aromatic carbocycles. The van der Waals surface area contributed by atoms with Crippen molar-refractivity contribution in [3.8, 4) is 0 Å². The van der Waals surface area contributed by atoms with E-state index in [2.05, 4.69) is 65.9 Å². The SMILES string of the molecule is C/C=C/CCNC(=NC)NC(C)c1ccc(CC)cc1.I. The van der Waals surface area contributed by atoms with Gasteiger partial charge in [0.05, 0.1) is 6.04 Å². The number of hydrogen-bond acceptors (Lipinski definition) is 1. The Morgan fingerprint density at radius 1 is 1.29 bits per heavy atom. The lowest BCUT2D eigenvalue weighted by atomic mass is 10.1. The summed E-state index contributed by atoms with van der Waals surface area (Å²) in [6.07, 6.45) is 6.30. The first-order valence-corrected chi connectivity index (χ1v) is 7.38. The second-order valence-corrected chi connectivity index (χ2v) is 4.82. The summed E-state index contributed by atoms with van der Waals surface area (Å²) >= 11 is 0. The maximum Gasteiger partial charge on any atom is 0.191 e. The minimum absolute atomic E-state index is 0. The summed E-state index contributed by atoms with van der Waals surface area (Å²) in [5.41, 5.74) is 2.65. The van der Waals surface area contributed by atoms with Crippen molar-refractivity contribution in [2.45, 2.75) is 39.7 Å². The van der Waals surface area contributed by atoms with Gasteiger partial charge in [-0.05, 0) is 37.8 Å². The number of allylic oxidation sites excluding steroid dienone is 1. The number of nitrogens with zero attached hydrogens (tertiary/aromatic N) is 1. The number of nitrogens with one attached hydrogen (secondary N) is 2. The molecule has 0 fully saturated rings. The van der Waals surface area contributed by atoms with Crippen molar-refractivity contribution in [1.29, 1.82) is 0 Å². The summed E-state index contributed by atoms with van der Waals surface area (Å²) in [7, 11) is 1.80. The fraction of sp³-hybridized carbons (Fsp3) is 0.471. The van der Waals surface area contributed by atoms with Crippen molar-refractivity contribution in [3.63, 3.8) is 0 Å². The van der Waals surface area contributed by atoms with Gasteiger partial charge in [0.2, 0.25) is 0 Å². The highest BCUT2D eigenvalue weighted by atomic mass is 127. The molecule has 2 N–H and O–H groups in total. The van der Waals surface area contributed by atoms with Gasteiger partial charge in [-0.2, -0.15) is 0 Å². The Morgan fingerprint density at radius 2 is 1.95 bits per heavy atom. The van der Waals surface area contributed by atoms with E-state index in [1.165, 1.54) is 11.1 Å². The van der Waals surface area contributed by atoms with Crippen LogP contribution in [0.1, 0.15) is 44.4 Å². The summed E-state index contributed by atoms with van der Waals surface area (Å²) in [5.74, 6) is 0.849. The van der Waals surface area contributed by atoms with Gasteiger partial charge in [-0.15, -0.1) is 24.0 Å². The molecule has 0 saturated heterocycles. The Kier molecular flexibility index (Phi) is 11.0. The van der Waals surface area contributed by atoms with Gasteiger partial charge in [0.15, 0.2) is 5.96 Å².